The summed E-state index contributed by atoms with van der Waals surface area (Å²) >= 11 is 0. The highest BCUT2D eigenvalue weighted by Gasteiger charge is 2.38. The molecule has 0 unspecified atom stereocenters. The molecule has 3 heterocycles. The van der Waals surface area contributed by atoms with Gasteiger partial charge in [0, 0.05) is 37.3 Å². The van der Waals surface area contributed by atoms with E-state index in [-0.39, 0.29) is 24.6 Å². The first-order chi connectivity index (χ1) is 17.1. The molecule has 1 saturated heterocycles. The van der Waals surface area contributed by atoms with Gasteiger partial charge < -0.3 is 24.7 Å². The molecular weight excluding hydrogens is 444 g/mol. The third-order valence-corrected chi connectivity index (χ3v) is 6.82. The molecule has 1 fully saturated rings. The Hall–Kier alpha value is -3.81. The molecule has 5 rings (SSSR count). The number of rotatable bonds is 10. The number of carbonyl (C=O) groups is 2. The van der Waals surface area contributed by atoms with Gasteiger partial charge >= 0.3 is 0 Å². The molecular formula is C27H30N4O4. The van der Waals surface area contributed by atoms with E-state index in [0.717, 1.165) is 35.6 Å². The van der Waals surface area contributed by atoms with E-state index in [0.29, 0.717) is 32.1 Å². The summed E-state index contributed by atoms with van der Waals surface area (Å²) in [5.41, 5.74) is 1.69. The second-order valence-corrected chi connectivity index (χ2v) is 9.31. The molecule has 2 amide bonds. The Labute approximate surface area is 204 Å². The predicted octanol–water partition coefficient (Wildman–Crippen LogP) is 3.53. The molecule has 0 spiro atoms. The van der Waals surface area contributed by atoms with Gasteiger partial charge in [-0.15, -0.1) is 0 Å². The molecule has 1 aromatic heterocycles. The van der Waals surface area contributed by atoms with Crippen molar-refractivity contribution in [3.05, 3.63) is 78.4 Å². The second-order valence-electron chi connectivity index (χ2n) is 9.31. The van der Waals surface area contributed by atoms with E-state index in [1.807, 2.05) is 59.3 Å². The molecule has 3 aromatic rings. The number of hydrogen-bond acceptors (Lipinski definition) is 5. The normalized spacial score (nSPS) is 19.4. The first-order valence-corrected chi connectivity index (χ1v) is 12.1. The molecule has 2 aliphatic rings. The average molecular weight is 475 g/mol. The molecule has 182 valence electrons. The minimum absolute atomic E-state index is 0.0179. The van der Waals surface area contributed by atoms with Crippen LogP contribution < -0.4 is 20.1 Å². The van der Waals surface area contributed by atoms with Crippen LogP contribution in [0.15, 0.2) is 67.3 Å². The fourth-order valence-electron chi connectivity index (χ4n) is 4.95. The average Bonchev–Trinajstić information content (AvgIpc) is 3.63. The van der Waals surface area contributed by atoms with Crippen molar-refractivity contribution >= 4 is 11.8 Å². The first kappa shape index (κ1) is 23.0. The summed E-state index contributed by atoms with van der Waals surface area (Å²) in [6.07, 6.45) is 8.95. The molecule has 2 atom stereocenters. The van der Waals surface area contributed by atoms with Gasteiger partial charge in [-0.2, -0.15) is 0 Å². The number of imidazole rings is 1. The fourth-order valence-corrected chi connectivity index (χ4v) is 4.95. The van der Waals surface area contributed by atoms with E-state index in [1.165, 1.54) is 0 Å². The lowest BCUT2D eigenvalue weighted by atomic mass is 9.84. The van der Waals surface area contributed by atoms with Crippen LogP contribution in [0.4, 0.5) is 0 Å². The molecule has 0 saturated carbocycles. The van der Waals surface area contributed by atoms with Crippen molar-refractivity contribution in [1.29, 1.82) is 0 Å². The molecule has 8 heteroatoms. The van der Waals surface area contributed by atoms with Gasteiger partial charge in [-0.05, 0) is 48.9 Å². The van der Waals surface area contributed by atoms with Gasteiger partial charge in [0.2, 0.25) is 18.6 Å². The summed E-state index contributed by atoms with van der Waals surface area (Å²) in [7, 11) is 0. The minimum Gasteiger partial charge on any atom is -0.454 e. The van der Waals surface area contributed by atoms with Gasteiger partial charge in [-0.1, -0.05) is 36.4 Å². The summed E-state index contributed by atoms with van der Waals surface area (Å²) in [5.74, 6) is 1.48. The maximum Gasteiger partial charge on any atom is 0.231 e. The Kier molecular flexibility index (Phi) is 6.70. The Balaban J connectivity index is 1.24. The molecule has 0 bridgehead atoms. The molecule has 2 aromatic carbocycles. The first-order valence-electron chi connectivity index (χ1n) is 12.1. The van der Waals surface area contributed by atoms with Crippen LogP contribution in [0.25, 0.3) is 0 Å². The number of fused-ring (bicyclic) bond motifs is 1. The molecule has 8 nitrogen and oxygen atoms in total. The van der Waals surface area contributed by atoms with Crippen molar-refractivity contribution in [2.24, 2.45) is 0 Å². The third-order valence-electron chi connectivity index (χ3n) is 6.82. The van der Waals surface area contributed by atoms with E-state index >= 15 is 0 Å². The van der Waals surface area contributed by atoms with Gasteiger partial charge in [0.05, 0.1) is 12.4 Å². The van der Waals surface area contributed by atoms with Crippen LogP contribution in [0.5, 0.6) is 11.5 Å². The second kappa shape index (κ2) is 10.2. The SMILES string of the molecule is O=C(CC[C@]1(Cc2ccc3c(c2)OCO3)CCC(=O)N1)N[C@H](CCn1ccnc1)c1ccccc1. The molecule has 0 radical (unpaired) electrons. The number of benzene rings is 2. The van der Waals surface area contributed by atoms with Gasteiger partial charge in [0.25, 0.3) is 0 Å². The summed E-state index contributed by atoms with van der Waals surface area (Å²) in [6.45, 7) is 0.980. The van der Waals surface area contributed by atoms with E-state index < -0.39 is 5.54 Å². The van der Waals surface area contributed by atoms with Crippen LogP contribution in [0, 0.1) is 0 Å². The van der Waals surface area contributed by atoms with Gasteiger partial charge in [0.1, 0.15) is 0 Å². The van der Waals surface area contributed by atoms with Crippen LogP contribution >= 0.6 is 0 Å². The lowest BCUT2D eigenvalue weighted by Crippen LogP contribution is -2.44. The largest absolute Gasteiger partial charge is 0.454 e. The minimum atomic E-state index is -0.443. The Morgan fingerprint density at radius 3 is 2.80 bits per heavy atom. The summed E-state index contributed by atoms with van der Waals surface area (Å²) in [6, 6.07) is 15.8. The zero-order valence-corrected chi connectivity index (χ0v) is 19.6. The molecule has 2 N–H and O–H groups in total. The van der Waals surface area contributed by atoms with Gasteiger partial charge in [0.15, 0.2) is 11.5 Å². The quantitative estimate of drug-likeness (QED) is 0.469. The Morgan fingerprint density at radius 1 is 1.17 bits per heavy atom. The number of amides is 2. The van der Waals surface area contributed by atoms with Crippen LogP contribution in [0.1, 0.15) is 49.3 Å². The zero-order chi connectivity index (χ0) is 24.1. The molecule has 35 heavy (non-hydrogen) atoms. The zero-order valence-electron chi connectivity index (χ0n) is 19.6. The van der Waals surface area contributed by atoms with Crippen molar-refractivity contribution in [1.82, 2.24) is 20.2 Å². The van der Waals surface area contributed by atoms with E-state index in [4.69, 9.17) is 9.47 Å². The third kappa shape index (κ3) is 5.65. The topological polar surface area (TPSA) is 94.5 Å². The number of nitrogens with zero attached hydrogens (tertiary/aromatic N) is 2. The van der Waals surface area contributed by atoms with Crippen LogP contribution in [0.3, 0.4) is 0 Å². The van der Waals surface area contributed by atoms with Gasteiger partial charge in [-0.3, -0.25) is 9.59 Å². The smallest absolute Gasteiger partial charge is 0.231 e. The highest BCUT2D eigenvalue weighted by Crippen LogP contribution is 2.36. The molecule has 2 aliphatic heterocycles. The number of hydrogen-bond donors (Lipinski definition) is 2. The highest BCUT2D eigenvalue weighted by atomic mass is 16.7. The fraction of sp³-hybridized carbons (Fsp3) is 0.370. The maximum atomic E-state index is 13.1. The maximum absolute atomic E-state index is 13.1. The van der Waals surface area contributed by atoms with Gasteiger partial charge in [-0.25, -0.2) is 4.98 Å². The van der Waals surface area contributed by atoms with Crippen molar-refractivity contribution < 1.29 is 19.1 Å². The van der Waals surface area contributed by atoms with Crippen molar-refractivity contribution in [2.75, 3.05) is 6.79 Å². The van der Waals surface area contributed by atoms with Crippen LogP contribution in [0.2, 0.25) is 0 Å². The van der Waals surface area contributed by atoms with E-state index in [2.05, 4.69) is 15.6 Å². The monoisotopic (exact) mass is 474 g/mol. The van der Waals surface area contributed by atoms with Crippen molar-refractivity contribution in [3.63, 3.8) is 0 Å². The van der Waals surface area contributed by atoms with Crippen LogP contribution in [-0.2, 0) is 22.6 Å². The number of aryl methyl sites for hydroxylation is 1. The molecule has 0 aliphatic carbocycles. The number of nitrogens with one attached hydrogen (secondary N) is 2. The number of ether oxygens (including phenoxy) is 2. The Bertz CT molecular complexity index is 1170. The van der Waals surface area contributed by atoms with Crippen molar-refractivity contribution in [2.45, 2.75) is 56.7 Å². The highest BCUT2D eigenvalue weighted by molar-refractivity contribution is 5.80. The van der Waals surface area contributed by atoms with E-state index in [9.17, 15) is 9.59 Å². The van der Waals surface area contributed by atoms with Crippen molar-refractivity contribution in [3.8, 4) is 11.5 Å². The number of aromatic nitrogens is 2. The lowest BCUT2D eigenvalue weighted by molar-refractivity contribution is -0.123. The van der Waals surface area contributed by atoms with E-state index in [1.54, 1.807) is 12.5 Å². The standard InChI is InChI=1S/C27H30N4O4/c32-25(29-22(21-4-2-1-3-5-21)10-14-31-15-13-28-18-31)8-11-27(12-9-26(33)30-27)17-20-6-7-23-24(16-20)35-19-34-23/h1-7,13,15-16,18,22H,8-12,14,17,19H2,(H,29,32)(H,30,33)/t22-,27-/m1/s1. The lowest BCUT2D eigenvalue weighted by Gasteiger charge is -2.30. The predicted molar refractivity (Wildman–Crippen MR) is 130 cm³/mol. The summed E-state index contributed by atoms with van der Waals surface area (Å²) < 4.78 is 12.9. The summed E-state index contributed by atoms with van der Waals surface area (Å²) in [4.78, 5) is 29.4. The van der Waals surface area contributed by atoms with Crippen LogP contribution in [-0.4, -0.2) is 33.7 Å². The Morgan fingerprint density at radius 2 is 2.03 bits per heavy atom. The summed E-state index contributed by atoms with van der Waals surface area (Å²) in [5, 5.41) is 6.39. The number of carbonyl (C=O) groups excluding carboxylic acids is 2.